The maximum Gasteiger partial charge on any atom is 0.414 e. The third-order valence-electron chi connectivity index (χ3n) is 4.52. The lowest BCUT2D eigenvalue weighted by Gasteiger charge is -2.20. The molecule has 1 amide bonds. The second kappa shape index (κ2) is 7.68. The van der Waals surface area contributed by atoms with Crippen molar-refractivity contribution in [1.29, 1.82) is 0 Å². The predicted octanol–water partition coefficient (Wildman–Crippen LogP) is 3.34. The summed E-state index contributed by atoms with van der Waals surface area (Å²) in [6.07, 6.45) is -0.854. The molecular formula is C20H24N2O3. The Kier molecular flexibility index (Phi) is 5.36. The van der Waals surface area contributed by atoms with Crippen molar-refractivity contribution in [2.75, 3.05) is 24.6 Å². The van der Waals surface area contributed by atoms with Gasteiger partial charge in [-0.1, -0.05) is 42.0 Å². The van der Waals surface area contributed by atoms with Gasteiger partial charge in [-0.15, -0.1) is 0 Å². The molecule has 0 spiro atoms. The summed E-state index contributed by atoms with van der Waals surface area (Å²) < 4.78 is 4.99. The van der Waals surface area contributed by atoms with E-state index in [1.165, 1.54) is 5.56 Å². The van der Waals surface area contributed by atoms with Gasteiger partial charge >= 0.3 is 6.09 Å². The van der Waals surface area contributed by atoms with Gasteiger partial charge in [0.15, 0.2) is 0 Å². The minimum absolute atomic E-state index is 0.0543. The molecule has 1 aliphatic heterocycles. The Labute approximate surface area is 148 Å². The van der Waals surface area contributed by atoms with Gasteiger partial charge in [-0.2, -0.15) is 0 Å². The fourth-order valence-electron chi connectivity index (χ4n) is 2.90. The van der Waals surface area contributed by atoms with E-state index in [2.05, 4.69) is 5.32 Å². The summed E-state index contributed by atoms with van der Waals surface area (Å²) in [6.45, 7) is 5.54. The van der Waals surface area contributed by atoms with Crippen molar-refractivity contribution in [1.82, 2.24) is 5.32 Å². The summed E-state index contributed by atoms with van der Waals surface area (Å²) in [6, 6.07) is 15.8. The Balaban J connectivity index is 1.62. The Hall–Kier alpha value is -2.37. The van der Waals surface area contributed by atoms with Gasteiger partial charge in [-0.25, -0.2) is 4.79 Å². The molecule has 2 atom stereocenters. The number of hydrogen-bond acceptors (Lipinski definition) is 4. The maximum absolute atomic E-state index is 11.7. The number of cyclic esters (lactones) is 1. The number of nitrogens with one attached hydrogen (secondary N) is 1. The normalized spacial score (nSPS) is 16.6. The lowest BCUT2D eigenvalue weighted by atomic mass is 10.0. The number of anilines is 1. The summed E-state index contributed by atoms with van der Waals surface area (Å²) in [5, 5.41) is 13.7. The molecule has 2 aromatic carbocycles. The van der Waals surface area contributed by atoms with E-state index >= 15 is 0 Å². The van der Waals surface area contributed by atoms with Gasteiger partial charge < -0.3 is 15.2 Å². The number of hydrogen-bond donors (Lipinski definition) is 2. The van der Waals surface area contributed by atoms with Crippen LogP contribution in [0.25, 0.3) is 0 Å². The van der Waals surface area contributed by atoms with E-state index in [-0.39, 0.29) is 12.1 Å². The number of carbonyl (C=O) groups excluding carboxylic acids is 1. The van der Waals surface area contributed by atoms with Crippen molar-refractivity contribution in [2.24, 2.45) is 0 Å². The molecule has 0 radical (unpaired) electrons. The molecule has 5 heteroatoms. The molecule has 1 heterocycles. The fourth-order valence-corrected chi connectivity index (χ4v) is 2.90. The zero-order valence-electron chi connectivity index (χ0n) is 14.6. The van der Waals surface area contributed by atoms with E-state index in [0.717, 1.165) is 16.8 Å². The number of benzene rings is 2. The average Bonchev–Trinajstić information content (AvgIpc) is 3.06. The van der Waals surface area contributed by atoms with Crippen LogP contribution in [-0.4, -0.2) is 30.9 Å². The molecule has 132 valence electrons. The van der Waals surface area contributed by atoms with Gasteiger partial charge in [0.05, 0.1) is 12.6 Å². The number of ether oxygens (including phenoxy) is 1. The first-order valence-corrected chi connectivity index (χ1v) is 8.57. The second-order valence-corrected chi connectivity index (χ2v) is 6.42. The molecule has 0 saturated carbocycles. The Morgan fingerprint density at radius 2 is 1.96 bits per heavy atom. The maximum atomic E-state index is 11.7. The first kappa shape index (κ1) is 17.5. The molecule has 0 aliphatic carbocycles. The van der Waals surface area contributed by atoms with E-state index in [9.17, 15) is 9.90 Å². The molecule has 1 aliphatic rings. The van der Waals surface area contributed by atoms with Crippen LogP contribution in [0.15, 0.2) is 48.5 Å². The third kappa shape index (κ3) is 4.18. The largest absolute Gasteiger partial charge is 0.447 e. The van der Waals surface area contributed by atoms with Gasteiger partial charge in [-0.05, 0) is 37.1 Å². The minimum Gasteiger partial charge on any atom is -0.447 e. The minimum atomic E-state index is -0.556. The van der Waals surface area contributed by atoms with Crippen molar-refractivity contribution in [3.63, 3.8) is 0 Å². The highest BCUT2D eigenvalue weighted by atomic mass is 16.6. The molecule has 5 nitrogen and oxygen atoms in total. The van der Waals surface area contributed by atoms with Crippen LogP contribution in [-0.2, 0) is 4.74 Å². The SMILES string of the molecule is Cc1ccc(C(O)CNC(C)c2cccc(N3CCOC3=O)c2)cc1. The fraction of sp³-hybridized carbons (Fsp3) is 0.350. The number of rotatable bonds is 6. The highest BCUT2D eigenvalue weighted by Crippen LogP contribution is 2.23. The third-order valence-corrected chi connectivity index (χ3v) is 4.52. The topological polar surface area (TPSA) is 61.8 Å². The molecule has 25 heavy (non-hydrogen) atoms. The van der Waals surface area contributed by atoms with E-state index < -0.39 is 6.10 Å². The van der Waals surface area contributed by atoms with Crippen LogP contribution < -0.4 is 10.2 Å². The van der Waals surface area contributed by atoms with Crippen LogP contribution in [0.5, 0.6) is 0 Å². The van der Waals surface area contributed by atoms with E-state index in [1.807, 2.05) is 62.4 Å². The van der Waals surface area contributed by atoms with Crippen molar-refractivity contribution < 1.29 is 14.6 Å². The van der Waals surface area contributed by atoms with Gasteiger partial charge in [-0.3, -0.25) is 4.90 Å². The van der Waals surface area contributed by atoms with E-state index in [1.54, 1.807) is 4.90 Å². The summed E-state index contributed by atoms with van der Waals surface area (Å²) in [5.74, 6) is 0. The summed E-state index contributed by atoms with van der Waals surface area (Å²) in [4.78, 5) is 13.3. The lowest BCUT2D eigenvalue weighted by molar-refractivity contribution is 0.171. The average molecular weight is 340 g/mol. The highest BCUT2D eigenvalue weighted by Gasteiger charge is 2.24. The quantitative estimate of drug-likeness (QED) is 0.847. The standard InChI is InChI=1S/C20H24N2O3/c1-14-6-8-16(9-7-14)19(23)13-21-15(2)17-4-3-5-18(12-17)22-10-11-25-20(22)24/h3-9,12,15,19,21,23H,10-11,13H2,1-2H3. The van der Waals surface area contributed by atoms with Gasteiger partial charge in [0, 0.05) is 18.3 Å². The van der Waals surface area contributed by atoms with Gasteiger partial charge in [0.25, 0.3) is 0 Å². The van der Waals surface area contributed by atoms with Crippen LogP contribution in [0.1, 0.15) is 35.8 Å². The monoisotopic (exact) mass is 340 g/mol. The molecule has 2 aromatic rings. The molecule has 1 saturated heterocycles. The number of nitrogens with zero attached hydrogens (tertiary/aromatic N) is 1. The Morgan fingerprint density at radius 1 is 1.20 bits per heavy atom. The predicted molar refractivity (Wildman–Crippen MR) is 97.7 cm³/mol. The van der Waals surface area contributed by atoms with E-state index in [0.29, 0.717) is 19.7 Å². The van der Waals surface area contributed by atoms with Crippen LogP contribution in [0, 0.1) is 6.92 Å². The smallest absolute Gasteiger partial charge is 0.414 e. The second-order valence-electron chi connectivity index (χ2n) is 6.42. The van der Waals surface area contributed by atoms with Crippen molar-refractivity contribution >= 4 is 11.8 Å². The first-order chi connectivity index (χ1) is 12.0. The number of aliphatic hydroxyl groups is 1. The van der Waals surface area contributed by atoms with Crippen LogP contribution in [0.4, 0.5) is 10.5 Å². The Bertz CT molecular complexity index is 730. The molecular weight excluding hydrogens is 316 g/mol. The zero-order valence-corrected chi connectivity index (χ0v) is 14.6. The van der Waals surface area contributed by atoms with Crippen LogP contribution in [0.3, 0.4) is 0 Å². The van der Waals surface area contributed by atoms with Crippen LogP contribution in [0.2, 0.25) is 0 Å². The summed E-state index contributed by atoms with van der Waals surface area (Å²) in [5.41, 5.74) is 3.98. The summed E-state index contributed by atoms with van der Waals surface area (Å²) >= 11 is 0. The summed E-state index contributed by atoms with van der Waals surface area (Å²) in [7, 11) is 0. The number of aliphatic hydroxyl groups excluding tert-OH is 1. The lowest BCUT2D eigenvalue weighted by Crippen LogP contribution is -2.26. The van der Waals surface area contributed by atoms with Crippen molar-refractivity contribution in [3.8, 4) is 0 Å². The molecule has 0 aromatic heterocycles. The molecule has 2 unspecified atom stereocenters. The van der Waals surface area contributed by atoms with E-state index in [4.69, 9.17) is 4.74 Å². The molecule has 0 bridgehead atoms. The Morgan fingerprint density at radius 3 is 2.64 bits per heavy atom. The zero-order chi connectivity index (χ0) is 17.8. The first-order valence-electron chi connectivity index (χ1n) is 8.57. The van der Waals surface area contributed by atoms with Crippen LogP contribution >= 0.6 is 0 Å². The molecule has 1 fully saturated rings. The van der Waals surface area contributed by atoms with Gasteiger partial charge in [0.1, 0.15) is 6.61 Å². The van der Waals surface area contributed by atoms with Crippen molar-refractivity contribution in [2.45, 2.75) is 26.0 Å². The highest BCUT2D eigenvalue weighted by molar-refractivity contribution is 5.89. The number of aryl methyl sites for hydroxylation is 1. The number of carbonyl (C=O) groups is 1. The molecule has 2 N–H and O–H groups in total. The number of amides is 1. The van der Waals surface area contributed by atoms with Crippen molar-refractivity contribution in [3.05, 3.63) is 65.2 Å². The van der Waals surface area contributed by atoms with Gasteiger partial charge in [0.2, 0.25) is 0 Å². The molecule has 3 rings (SSSR count).